The third-order valence-corrected chi connectivity index (χ3v) is 13.4. The fourth-order valence-corrected chi connectivity index (χ4v) is 9.43. The lowest BCUT2D eigenvalue weighted by Gasteiger charge is -2.35. The zero-order chi connectivity index (χ0) is 43.2. The Bertz CT molecular complexity index is 1100. The van der Waals surface area contributed by atoms with Crippen LogP contribution in [0.2, 0.25) is 0 Å². The standard InChI is InChI=1S/C54H98O5/c1-5-9-13-15-17-19-21-23-25-27-29-31-33-35-37-39-43-50(49-45-47(41-11-7-3)51(55)48(46-49)42-12-8-4)54(52(56)57,53(58)59)44-40-38-36-34-32-30-28-26-24-22-20-18-16-14-10-6-2/h45-46,50,55H,5-44H2,1-4H3,(H,56,57)(H,58,59). The Labute approximate surface area is 366 Å². The molecule has 5 heteroatoms. The van der Waals surface area contributed by atoms with Crippen molar-refractivity contribution in [2.24, 2.45) is 5.41 Å². The maximum Gasteiger partial charge on any atom is 0.321 e. The van der Waals surface area contributed by atoms with Gasteiger partial charge in [-0.3, -0.25) is 9.59 Å². The van der Waals surface area contributed by atoms with Crippen LogP contribution in [0.25, 0.3) is 0 Å². The number of carboxylic acid groups (broad SMARTS) is 2. The first-order chi connectivity index (χ1) is 28.8. The number of hydrogen-bond acceptors (Lipinski definition) is 3. The average Bonchev–Trinajstić information content (AvgIpc) is 3.22. The molecule has 1 aromatic rings. The minimum absolute atomic E-state index is 0.148. The van der Waals surface area contributed by atoms with Gasteiger partial charge in [0.2, 0.25) is 0 Å². The molecule has 0 spiro atoms. The zero-order valence-corrected chi connectivity index (χ0v) is 39.7. The molecule has 0 bridgehead atoms. The Balaban J connectivity index is 2.84. The number of aryl methyl sites for hydroxylation is 2. The first kappa shape index (κ1) is 55.0. The molecule has 1 aromatic carbocycles. The van der Waals surface area contributed by atoms with Crippen molar-refractivity contribution in [3.8, 4) is 5.75 Å². The first-order valence-corrected chi connectivity index (χ1v) is 26.1. The van der Waals surface area contributed by atoms with Crippen LogP contribution in [-0.2, 0) is 22.4 Å². The maximum atomic E-state index is 13.4. The number of phenolic OH excluding ortho intramolecular Hbond substituents is 1. The fourth-order valence-electron chi connectivity index (χ4n) is 9.43. The molecule has 0 aromatic heterocycles. The predicted octanol–water partition coefficient (Wildman–Crippen LogP) is 17.6. The molecular formula is C54H98O5. The van der Waals surface area contributed by atoms with Gasteiger partial charge < -0.3 is 15.3 Å². The van der Waals surface area contributed by atoms with Gasteiger partial charge >= 0.3 is 11.9 Å². The lowest BCUT2D eigenvalue weighted by molar-refractivity contribution is -0.167. The lowest BCUT2D eigenvalue weighted by Crippen LogP contribution is -2.45. The smallest absolute Gasteiger partial charge is 0.321 e. The lowest BCUT2D eigenvalue weighted by atomic mass is 9.66. The number of aliphatic carboxylic acids is 2. The molecule has 0 saturated carbocycles. The predicted molar refractivity (Wildman–Crippen MR) is 254 cm³/mol. The summed E-state index contributed by atoms with van der Waals surface area (Å²) in [6.07, 6.45) is 45.9. The van der Waals surface area contributed by atoms with Crippen LogP contribution in [0.4, 0.5) is 0 Å². The van der Waals surface area contributed by atoms with E-state index >= 15 is 0 Å². The van der Waals surface area contributed by atoms with Crippen LogP contribution in [0.3, 0.4) is 0 Å². The molecule has 3 N–H and O–H groups in total. The minimum Gasteiger partial charge on any atom is -0.507 e. The summed E-state index contributed by atoms with van der Waals surface area (Å²) in [7, 11) is 0. The van der Waals surface area contributed by atoms with Gasteiger partial charge in [-0.05, 0) is 55.2 Å². The van der Waals surface area contributed by atoms with E-state index in [0.29, 0.717) is 31.4 Å². The number of carbonyl (C=O) groups is 2. The minimum atomic E-state index is -1.88. The number of aromatic hydroxyl groups is 1. The van der Waals surface area contributed by atoms with E-state index < -0.39 is 23.3 Å². The van der Waals surface area contributed by atoms with E-state index in [1.54, 1.807) is 0 Å². The van der Waals surface area contributed by atoms with E-state index in [-0.39, 0.29) is 6.42 Å². The molecule has 59 heavy (non-hydrogen) atoms. The van der Waals surface area contributed by atoms with Gasteiger partial charge in [0, 0.05) is 5.92 Å². The summed E-state index contributed by atoms with van der Waals surface area (Å²) >= 11 is 0. The first-order valence-electron chi connectivity index (χ1n) is 26.1. The van der Waals surface area contributed by atoms with Crippen molar-refractivity contribution >= 4 is 11.9 Å². The highest BCUT2D eigenvalue weighted by atomic mass is 16.4. The van der Waals surface area contributed by atoms with Crippen LogP contribution in [-0.4, -0.2) is 27.3 Å². The van der Waals surface area contributed by atoms with Gasteiger partial charge in [-0.2, -0.15) is 0 Å². The second-order valence-electron chi connectivity index (χ2n) is 18.7. The number of hydrogen-bond donors (Lipinski definition) is 3. The van der Waals surface area contributed by atoms with Crippen LogP contribution >= 0.6 is 0 Å². The second-order valence-corrected chi connectivity index (χ2v) is 18.7. The molecule has 0 fully saturated rings. The van der Waals surface area contributed by atoms with Gasteiger partial charge in [0.1, 0.15) is 5.75 Å². The summed E-state index contributed by atoms with van der Waals surface area (Å²) in [6, 6.07) is 3.96. The van der Waals surface area contributed by atoms with Crippen molar-refractivity contribution in [3.05, 3.63) is 28.8 Å². The highest BCUT2D eigenvalue weighted by Gasteiger charge is 2.52. The molecule has 0 aliphatic carbocycles. The van der Waals surface area contributed by atoms with Crippen LogP contribution in [0.1, 0.15) is 294 Å². The van der Waals surface area contributed by atoms with E-state index in [0.717, 1.165) is 80.9 Å². The van der Waals surface area contributed by atoms with Gasteiger partial charge in [-0.1, -0.05) is 258 Å². The van der Waals surface area contributed by atoms with Crippen LogP contribution < -0.4 is 0 Å². The number of unbranched alkanes of at least 4 members (excludes halogenated alkanes) is 32. The summed E-state index contributed by atoms with van der Waals surface area (Å²) in [5.74, 6) is -2.72. The monoisotopic (exact) mass is 827 g/mol. The molecule has 1 rings (SSSR count). The molecule has 0 heterocycles. The molecule has 0 aliphatic heterocycles. The largest absolute Gasteiger partial charge is 0.507 e. The Hall–Kier alpha value is -2.04. The van der Waals surface area contributed by atoms with Gasteiger partial charge in [0.05, 0.1) is 0 Å². The van der Waals surface area contributed by atoms with Crippen LogP contribution in [0, 0.1) is 5.41 Å². The van der Waals surface area contributed by atoms with Crippen molar-refractivity contribution in [1.82, 2.24) is 0 Å². The van der Waals surface area contributed by atoms with Crippen molar-refractivity contribution in [2.75, 3.05) is 0 Å². The molecule has 1 unspecified atom stereocenters. The van der Waals surface area contributed by atoms with E-state index in [9.17, 15) is 24.9 Å². The molecule has 344 valence electrons. The Morgan fingerprint density at radius 1 is 0.424 bits per heavy atom. The summed E-state index contributed by atoms with van der Waals surface area (Å²) in [6.45, 7) is 8.82. The zero-order valence-electron chi connectivity index (χ0n) is 39.7. The Morgan fingerprint density at radius 3 is 0.983 bits per heavy atom. The normalized spacial score (nSPS) is 12.3. The van der Waals surface area contributed by atoms with Crippen molar-refractivity contribution in [2.45, 2.75) is 290 Å². The molecule has 0 aliphatic rings. The summed E-state index contributed by atoms with van der Waals surface area (Å²) in [5, 5.41) is 33.2. The molecule has 0 amide bonds. The van der Waals surface area contributed by atoms with Crippen LogP contribution in [0.5, 0.6) is 5.75 Å². The third-order valence-electron chi connectivity index (χ3n) is 13.4. The Kier molecular flexibility index (Phi) is 35.1. The summed E-state index contributed by atoms with van der Waals surface area (Å²) < 4.78 is 0. The number of carboxylic acids is 2. The molecular weight excluding hydrogens is 729 g/mol. The summed E-state index contributed by atoms with van der Waals surface area (Å²) in [4.78, 5) is 26.8. The molecule has 5 nitrogen and oxygen atoms in total. The van der Waals surface area contributed by atoms with Gasteiger partial charge in [0.25, 0.3) is 0 Å². The van der Waals surface area contributed by atoms with Crippen molar-refractivity contribution < 1.29 is 24.9 Å². The number of phenols is 1. The molecule has 1 atom stereocenters. The number of rotatable bonds is 44. The van der Waals surface area contributed by atoms with E-state index in [4.69, 9.17) is 0 Å². The van der Waals surface area contributed by atoms with E-state index in [2.05, 4.69) is 27.7 Å². The summed E-state index contributed by atoms with van der Waals surface area (Å²) in [5.41, 5.74) is 0.619. The second kappa shape index (κ2) is 37.7. The SMILES string of the molecule is CCCCCCCCCCCCCCCCCCC(c1cc(CCCC)c(O)c(CCCC)c1)C(CCCCCCCCCCCCCCCCCC)(C(=O)O)C(=O)O. The highest BCUT2D eigenvalue weighted by Crippen LogP contribution is 2.46. The van der Waals surface area contributed by atoms with Crippen molar-refractivity contribution in [3.63, 3.8) is 0 Å². The highest BCUT2D eigenvalue weighted by molar-refractivity contribution is 5.99. The topological polar surface area (TPSA) is 94.8 Å². The fraction of sp³-hybridized carbons (Fsp3) is 0.852. The third kappa shape index (κ3) is 24.9. The molecule has 0 saturated heterocycles. The van der Waals surface area contributed by atoms with Crippen molar-refractivity contribution in [1.29, 1.82) is 0 Å². The van der Waals surface area contributed by atoms with Gasteiger partial charge in [0.15, 0.2) is 5.41 Å². The van der Waals surface area contributed by atoms with E-state index in [1.165, 1.54) is 161 Å². The number of benzene rings is 1. The quantitative estimate of drug-likeness (QED) is 0.0450. The van der Waals surface area contributed by atoms with E-state index in [1.807, 2.05) is 12.1 Å². The van der Waals surface area contributed by atoms with Crippen LogP contribution in [0.15, 0.2) is 12.1 Å². The maximum absolute atomic E-state index is 13.4. The van der Waals surface area contributed by atoms with Gasteiger partial charge in [-0.25, -0.2) is 0 Å². The Morgan fingerprint density at radius 2 is 0.695 bits per heavy atom. The average molecular weight is 827 g/mol. The van der Waals surface area contributed by atoms with Gasteiger partial charge in [-0.15, -0.1) is 0 Å². The molecule has 0 radical (unpaired) electrons.